The summed E-state index contributed by atoms with van der Waals surface area (Å²) >= 11 is 0. The van der Waals surface area contributed by atoms with Crippen molar-refractivity contribution in [3.05, 3.63) is 0 Å². The SMILES string of the molecule is CC1(C)CC2(CC(C)(C)ON1)OCCO2. The lowest BCUT2D eigenvalue weighted by Crippen LogP contribution is -2.44. The predicted molar refractivity (Wildman–Crippen MR) is 56.2 cm³/mol. The molecule has 2 heterocycles. The summed E-state index contributed by atoms with van der Waals surface area (Å²) in [5, 5.41) is 0. The minimum absolute atomic E-state index is 0.127. The lowest BCUT2D eigenvalue weighted by atomic mass is 9.89. The molecule has 15 heavy (non-hydrogen) atoms. The standard InChI is InChI=1S/C11H21NO3/c1-9(2)7-11(13-5-6-14-11)8-10(3,4)15-12-9/h12H,5-8H2,1-4H3. The van der Waals surface area contributed by atoms with Gasteiger partial charge in [-0.15, -0.1) is 0 Å². The van der Waals surface area contributed by atoms with E-state index in [0.717, 1.165) is 12.8 Å². The summed E-state index contributed by atoms with van der Waals surface area (Å²) in [7, 11) is 0. The fraction of sp³-hybridized carbons (Fsp3) is 1.00. The second-order valence-corrected chi connectivity index (χ2v) is 5.81. The molecule has 4 heteroatoms. The first-order valence-corrected chi connectivity index (χ1v) is 5.56. The van der Waals surface area contributed by atoms with Crippen molar-refractivity contribution in [2.75, 3.05) is 13.2 Å². The monoisotopic (exact) mass is 215 g/mol. The Kier molecular flexibility index (Phi) is 2.58. The van der Waals surface area contributed by atoms with Gasteiger partial charge in [-0.25, -0.2) is 0 Å². The van der Waals surface area contributed by atoms with Crippen molar-refractivity contribution in [3.8, 4) is 0 Å². The first-order valence-electron chi connectivity index (χ1n) is 5.56. The average molecular weight is 215 g/mol. The topological polar surface area (TPSA) is 39.7 Å². The van der Waals surface area contributed by atoms with Gasteiger partial charge in [0.1, 0.15) is 0 Å². The molecular formula is C11H21NO3. The van der Waals surface area contributed by atoms with Crippen LogP contribution < -0.4 is 5.48 Å². The molecule has 0 amide bonds. The fourth-order valence-electron chi connectivity index (χ4n) is 2.43. The highest BCUT2D eigenvalue weighted by molar-refractivity contribution is 4.93. The molecule has 0 aromatic carbocycles. The maximum absolute atomic E-state index is 5.79. The molecule has 0 saturated carbocycles. The van der Waals surface area contributed by atoms with Gasteiger partial charge in [-0.3, -0.25) is 4.84 Å². The van der Waals surface area contributed by atoms with Crippen LogP contribution in [0.25, 0.3) is 0 Å². The Labute approximate surface area is 91.2 Å². The first kappa shape index (κ1) is 11.3. The van der Waals surface area contributed by atoms with Crippen LogP contribution in [0.2, 0.25) is 0 Å². The Morgan fingerprint density at radius 2 is 1.53 bits per heavy atom. The van der Waals surface area contributed by atoms with Crippen LogP contribution in [0.4, 0.5) is 0 Å². The van der Waals surface area contributed by atoms with E-state index >= 15 is 0 Å². The minimum atomic E-state index is -0.462. The molecule has 0 atom stereocenters. The molecule has 0 bridgehead atoms. The molecule has 0 radical (unpaired) electrons. The van der Waals surface area contributed by atoms with Crippen molar-refractivity contribution < 1.29 is 14.3 Å². The van der Waals surface area contributed by atoms with E-state index in [1.54, 1.807) is 0 Å². The third-order valence-corrected chi connectivity index (χ3v) is 2.82. The summed E-state index contributed by atoms with van der Waals surface area (Å²) < 4.78 is 11.6. The second kappa shape index (κ2) is 3.42. The molecule has 4 nitrogen and oxygen atoms in total. The van der Waals surface area contributed by atoms with E-state index in [9.17, 15) is 0 Å². The van der Waals surface area contributed by atoms with Gasteiger partial charge in [-0.05, 0) is 27.7 Å². The summed E-state index contributed by atoms with van der Waals surface area (Å²) in [6.45, 7) is 9.67. The van der Waals surface area contributed by atoms with Crippen LogP contribution >= 0.6 is 0 Å². The van der Waals surface area contributed by atoms with E-state index in [-0.39, 0.29) is 11.1 Å². The molecule has 88 valence electrons. The van der Waals surface area contributed by atoms with Gasteiger partial charge in [0, 0.05) is 18.4 Å². The van der Waals surface area contributed by atoms with E-state index in [2.05, 4.69) is 19.3 Å². The normalized spacial score (nSPS) is 32.8. The Balaban J connectivity index is 2.21. The zero-order chi connectivity index (χ0) is 11.2. The van der Waals surface area contributed by atoms with E-state index in [1.165, 1.54) is 0 Å². The maximum atomic E-state index is 5.79. The molecular weight excluding hydrogens is 194 g/mol. The van der Waals surface area contributed by atoms with Gasteiger partial charge in [-0.1, -0.05) is 0 Å². The quantitative estimate of drug-likeness (QED) is 0.666. The van der Waals surface area contributed by atoms with Gasteiger partial charge in [0.15, 0.2) is 5.79 Å². The highest BCUT2D eigenvalue weighted by atomic mass is 16.7. The summed E-state index contributed by atoms with van der Waals surface area (Å²) in [4.78, 5) is 5.68. The zero-order valence-corrected chi connectivity index (χ0v) is 10.1. The first-order chi connectivity index (χ1) is 6.83. The molecule has 2 saturated heterocycles. The molecule has 2 fully saturated rings. The second-order valence-electron chi connectivity index (χ2n) is 5.81. The van der Waals surface area contributed by atoms with Crippen LogP contribution in [0.15, 0.2) is 0 Å². The smallest absolute Gasteiger partial charge is 0.173 e. The third-order valence-electron chi connectivity index (χ3n) is 2.82. The number of ether oxygens (including phenoxy) is 2. The lowest BCUT2D eigenvalue weighted by molar-refractivity contribution is -0.190. The van der Waals surface area contributed by atoms with Crippen molar-refractivity contribution in [2.45, 2.75) is 57.5 Å². The molecule has 0 aliphatic carbocycles. The van der Waals surface area contributed by atoms with Crippen LogP contribution in [0.1, 0.15) is 40.5 Å². The van der Waals surface area contributed by atoms with Gasteiger partial charge in [-0.2, -0.15) is 5.48 Å². The summed E-state index contributed by atoms with van der Waals surface area (Å²) in [5.74, 6) is -0.462. The molecule has 2 rings (SSSR count). The van der Waals surface area contributed by atoms with Crippen molar-refractivity contribution in [2.24, 2.45) is 0 Å². The summed E-state index contributed by atoms with van der Waals surface area (Å²) in [5.41, 5.74) is 2.71. The molecule has 1 N–H and O–H groups in total. The Morgan fingerprint density at radius 3 is 2.13 bits per heavy atom. The van der Waals surface area contributed by atoms with Crippen molar-refractivity contribution >= 4 is 0 Å². The van der Waals surface area contributed by atoms with E-state index in [4.69, 9.17) is 14.3 Å². The minimum Gasteiger partial charge on any atom is -0.347 e. The number of nitrogens with one attached hydrogen (secondary N) is 1. The van der Waals surface area contributed by atoms with Gasteiger partial charge < -0.3 is 9.47 Å². The number of hydroxylamine groups is 1. The predicted octanol–water partition coefficient (Wildman–Crippen LogP) is 1.60. The number of hydrogen-bond donors (Lipinski definition) is 1. The highest BCUT2D eigenvalue weighted by Crippen LogP contribution is 2.39. The number of hydrogen-bond acceptors (Lipinski definition) is 4. The highest BCUT2D eigenvalue weighted by Gasteiger charge is 2.48. The van der Waals surface area contributed by atoms with Gasteiger partial charge in [0.25, 0.3) is 0 Å². The van der Waals surface area contributed by atoms with E-state index in [0.29, 0.717) is 13.2 Å². The van der Waals surface area contributed by atoms with Gasteiger partial charge >= 0.3 is 0 Å². The molecule has 0 aromatic heterocycles. The van der Waals surface area contributed by atoms with Gasteiger partial charge in [0.2, 0.25) is 0 Å². The summed E-state index contributed by atoms with van der Waals surface area (Å²) in [6, 6.07) is 0. The van der Waals surface area contributed by atoms with Crippen molar-refractivity contribution in [3.63, 3.8) is 0 Å². The molecule has 1 spiro atoms. The number of rotatable bonds is 0. The van der Waals surface area contributed by atoms with Crippen LogP contribution in [-0.2, 0) is 14.3 Å². The largest absolute Gasteiger partial charge is 0.347 e. The Hall–Kier alpha value is -0.160. The van der Waals surface area contributed by atoms with Crippen LogP contribution in [0, 0.1) is 0 Å². The average Bonchev–Trinajstić information content (AvgIpc) is 2.44. The Bertz CT molecular complexity index is 224. The molecule has 2 aliphatic heterocycles. The third kappa shape index (κ3) is 2.50. The van der Waals surface area contributed by atoms with Crippen LogP contribution in [-0.4, -0.2) is 30.1 Å². The van der Waals surface area contributed by atoms with Crippen LogP contribution in [0.5, 0.6) is 0 Å². The van der Waals surface area contributed by atoms with Crippen molar-refractivity contribution in [1.29, 1.82) is 0 Å². The lowest BCUT2D eigenvalue weighted by Gasteiger charge is -2.33. The van der Waals surface area contributed by atoms with E-state index in [1.807, 2.05) is 13.8 Å². The molecule has 2 aliphatic rings. The van der Waals surface area contributed by atoms with E-state index < -0.39 is 5.79 Å². The Morgan fingerprint density at radius 1 is 0.933 bits per heavy atom. The van der Waals surface area contributed by atoms with Crippen LogP contribution in [0.3, 0.4) is 0 Å². The summed E-state index contributed by atoms with van der Waals surface area (Å²) in [6.07, 6.45) is 1.57. The van der Waals surface area contributed by atoms with Gasteiger partial charge in [0.05, 0.1) is 18.8 Å². The molecule has 0 unspecified atom stereocenters. The zero-order valence-electron chi connectivity index (χ0n) is 10.1. The molecule has 0 aromatic rings. The van der Waals surface area contributed by atoms with Crippen molar-refractivity contribution in [1.82, 2.24) is 5.48 Å². The maximum Gasteiger partial charge on any atom is 0.173 e. The fourth-order valence-corrected chi connectivity index (χ4v) is 2.43.